The summed E-state index contributed by atoms with van der Waals surface area (Å²) in [6.07, 6.45) is 0.694. The summed E-state index contributed by atoms with van der Waals surface area (Å²) in [6.45, 7) is 4.68. The summed E-state index contributed by atoms with van der Waals surface area (Å²) in [5.74, 6) is -0.0195. The van der Waals surface area contributed by atoms with E-state index >= 15 is 0 Å². The fourth-order valence-corrected chi connectivity index (χ4v) is 3.81. The number of hydrogen-bond donors (Lipinski definition) is 0. The zero-order valence-corrected chi connectivity index (χ0v) is 16.4. The van der Waals surface area contributed by atoms with Crippen LogP contribution in [0.4, 0.5) is 0 Å². The van der Waals surface area contributed by atoms with Crippen LogP contribution in [0, 0.1) is 11.3 Å². The zero-order valence-electron chi connectivity index (χ0n) is 15.7. The van der Waals surface area contributed by atoms with E-state index < -0.39 is 0 Å². The molecule has 5 nitrogen and oxygen atoms in total. The first-order valence-corrected chi connectivity index (χ1v) is 9.57. The molecule has 0 aliphatic carbocycles. The summed E-state index contributed by atoms with van der Waals surface area (Å²) in [4.78, 5) is 15.2. The molecule has 0 atom stereocenters. The topological polar surface area (TPSA) is 61.9 Å². The standard InChI is InChI=1S/C22H19ClN4O/c1-14(2)26-12-11-18-20(22(26)28)21(16-9-7-15(13-24)8-10-16)27(25-18)19-6-4-3-5-17(19)23/h3-10,14H,11-12H2,1-2H3. The Morgan fingerprint density at radius 3 is 2.50 bits per heavy atom. The lowest BCUT2D eigenvalue weighted by Crippen LogP contribution is -2.42. The Balaban J connectivity index is 1.98. The van der Waals surface area contributed by atoms with E-state index in [0.717, 1.165) is 16.9 Å². The van der Waals surface area contributed by atoms with Gasteiger partial charge in [-0.15, -0.1) is 0 Å². The minimum atomic E-state index is -0.0195. The average molecular weight is 391 g/mol. The normalized spacial score (nSPS) is 13.5. The molecule has 1 aliphatic rings. The van der Waals surface area contributed by atoms with Gasteiger partial charge < -0.3 is 4.90 Å². The van der Waals surface area contributed by atoms with E-state index in [2.05, 4.69) is 6.07 Å². The van der Waals surface area contributed by atoms with Gasteiger partial charge >= 0.3 is 0 Å². The van der Waals surface area contributed by atoms with Crippen molar-refractivity contribution in [2.75, 3.05) is 6.54 Å². The Morgan fingerprint density at radius 1 is 1.14 bits per heavy atom. The molecule has 2 heterocycles. The summed E-state index contributed by atoms with van der Waals surface area (Å²) in [5.41, 5.74) is 4.22. The van der Waals surface area contributed by atoms with E-state index in [1.807, 2.05) is 55.1 Å². The number of carbonyl (C=O) groups excluding carboxylic acids is 1. The van der Waals surface area contributed by atoms with E-state index in [1.54, 1.807) is 16.8 Å². The van der Waals surface area contributed by atoms with Crippen LogP contribution in [0.15, 0.2) is 48.5 Å². The van der Waals surface area contributed by atoms with Crippen molar-refractivity contribution in [1.29, 1.82) is 5.26 Å². The van der Waals surface area contributed by atoms with Crippen molar-refractivity contribution in [1.82, 2.24) is 14.7 Å². The molecular formula is C22H19ClN4O. The van der Waals surface area contributed by atoms with Gasteiger partial charge in [0.05, 0.1) is 39.3 Å². The van der Waals surface area contributed by atoms with Crippen molar-refractivity contribution in [3.63, 3.8) is 0 Å². The Hall–Kier alpha value is -3.10. The molecule has 0 saturated carbocycles. The van der Waals surface area contributed by atoms with Gasteiger partial charge in [0, 0.05) is 24.6 Å². The first-order chi connectivity index (χ1) is 13.5. The van der Waals surface area contributed by atoms with E-state index in [0.29, 0.717) is 34.8 Å². The lowest BCUT2D eigenvalue weighted by atomic mass is 9.98. The van der Waals surface area contributed by atoms with Crippen LogP contribution in [-0.4, -0.2) is 33.2 Å². The maximum Gasteiger partial charge on any atom is 0.258 e. The highest BCUT2D eigenvalue weighted by molar-refractivity contribution is 6.32. The Kier molecular flexibility index (Phi) is 4.66. The maximum atomic E-state index is 13.3. The summed E-state index contributed by atoms with van der Waals surface area (Å²) in [6, 6.07) is 16.9. The minimum absolute atomic E-state index is 0.0195. The summed E-state index contributed by atoms with van der Waals surface area (Å²) >= 11 is 6.45. The highest BCUT2D eigenvalue weighted by Gasteiger charge is 2.34. The largest absolute Gasteiger partial charge is 0.336 e. The van der Waals surface area contributed by atoms with Gasteiger partial charge in [0.25, 0.3) is 5.91 Å². The molecule has 0 bridgehead atoms. The van der Waals surface area contributed by atoms with Gasteiger partial charge in [-0.1, -0.05) is 35.9 Å². The van der Waals surface area contributed by atoms with Crippen molar-refractivity contribution >= 4 is 17.5 Å². The van der Waals surface area contributed by atoms with Crippen LogP contribution in [0.3, 0.4) is 0 Å². The number of nitrogens with zero attached hydrogens (tertiary/aromatic N) is 4. The van der Waals surface area contributed by atoms with Crippen molar-refractivity contribution in [2.24, 2.45) is 0 Å². The molecule has 0 fully saturated rings. The van der Waals surface area contributed by atoms with Crippen LogP contribution in [0.1, 0.15) is 35.5 Å². The molecule has 3 aromatic rings. The lowest BCUT2D eigenvalue weighted by Gasteiger charge is -2.30. The predicted octanol–water partition coefficient (Wildman–Crippen LogP) is 4.47. The van der Waals surface area contributed by atoms with E-state index in [-0.39, 0.29) is 11.9 Å². The molecule has 0 N–H and O–H groups in total. The first kappa shape index (κ1) is 18.3. The van der Waals surface area contributed by atoms with Gasteiger partial charge in [0.2, 0.25) is 0 Å². The van der Waals surface area contributed by atoms with Gasteiger partial charge in [0.15, 0.2) is 0 Å². The number of para-hydroxylation sites is 1. The van der Waals surface area contributed by atoms with Gasteiger partial charge in [-0.05, 0) is 38.1 Å². The van der Waals surface area contributed by atoms with Crippen LogP contribution < -0.4 is 0 Å². The predicted molar refractivity (Wildman–Crippen MR) is 109 cm³/mol. The Morgan fingerprint density at radius 2 is 1.86 bits per heavy atom. The molecule has 1 aliphatic heterocycles. The molecule has 1 aromatic heterocycles. The van der Waals surface area contributed by atoms with E-state index in [1.165, 1.54) is 0 Å². The molecular weight excluding hydrogens is 372 g/mol. The molecule has 28 heavy (non-hydrogen) atoms. The van der Waals surface area contributed by atoms with Crippen LogP contribution in [0.2, 0.25) is 5.02 Å². The molecule has 4 rings (SSSR count). The number of amides is 1. The second kappa shape index (κ2) is 7.14. The van der Waals surface area contributed by atoms with Gasteiger partial charge in [-0.3, -0.25) is 4.79 Å². The number of carbonyl (C=O) groups is 1. The SMILES string of the molecule is CC(C)N1CCc2nn(-c3ccccc3Cl)c(-c3ccc(C#N)cc3)c2C1=O. The van der Waals surface area contributed by atoms with Crippen molar-refractivity contribution < 1.29 is 4.79 Å². The summed E-state index contributed by atoms with van der Waals surface area (Å²) in [7, 11) is 0. The number of nitriles is 1. The molecule has 0 saturated heterocycles. The van der Waals surface area contributed by atoms with Crippen LogP contribution >= 0.6 is 11.6 Å². The molecule has 140 valence electrons. The number of fused-ring (bicyclic) bond motifs is 1. The van der Waals surface area contributed by atoms with Crippen LogP contribution in [-0.2, 0) is 6.42 Å². The van der Waals surface area contributed by atoms with Crippen molar-refractivity contribution in [2.45, 2.75) is 26.3 Å². The zero-order chi connectivity index (χ0) is 19.8. The second-order valence-electron chi connectivity index (χ2n) is 7.06. The number of hydrogen-bond acceptors (Lipinski definition) is 3. The number of benzene rings is 2. The van der Waals surface area contributed by atoms with Gasteiger partial charge in [-0.2, -0.15) is 10.4 Å². The fourth-order valence-electron chi connectivity index (χ4n) is 3.59. The lowest BCUT2D eigenvalue weighted by molar-refractivity contribution is 0.0689. The third-order valence-electron chi connectivity index (χ3n) is 5.01. The van der Waals surface area contributed by atoms with Crippen molar-refractivity contribution in [3.05, 3.63) is 70.4 Å². The summed E-state index contributed by atoms with van der Waals surface area (Å²) < 4.78 is 1.76. The van der Waals surface area contributed by atoms with Crippen LogP contribution in [0.5, 0.6) is 0 Å². The highest BCUT2D eigenvalue weighted by atomic mass is 35.5. The Bertz CT molecular complexity index is 1090. The number of halogens is 1. The molecule has 6 heteroatoms. The number of aromatic nitrogens is 2. The fraction of sp³-hybridized carbons (Fsp3) is 0.227. The van der Waals surface area contributed by atoms with Gasteiger partial charge in [0.1, 0.15) is 0 Å². The minimum Gasteiger partial charge on any atom is -0.336 e. The Labute approximate surface area is 168 Å². The van der Waals surface area contributed by atoms with E-state index in [9.17, 15) is 4.79 Å². The molecule has 0 radical (unpaired) electrons. The third kappa shape index (κ3) is 2.96. The smallest absolute Gasteiger partial charge is 0.258 e. The van der Waals surface area contributed by atoms with E-state index in [4.69, 9.17) is 22.0 Å². The number of rotatable bonds is 3. The quantitative estimate of drug-likeness (QED) is 0.662. The summed E-state index contributed by atoms with van der Waals surface area (Å²) in [5, 5.41) is 14.4. The average Bonchev–Trinajstić information content (AvgIpc) is 3.08. The maximum absolute atomic E-state index is 13.3. The van der Waals surface area contributed by atoms with Crippen LogP contribution in [0.25, 0.3) is 16.9 Å². The van der Waals surface area contributed by atoms with Crippen molar-refractivity contribution in [3.8, 4) is 23.0 Å². The molecule has 1 amide bonds. The monoisotopic (exact) mass is 390 g/mol. The highest BCUT2D eigenvalue weighted by Crippen LogP contribution is 2.35. The molecule has 2 aromatic carbocycles. The third-order valence-corrected chi connectivity index (χ3v) is 5.33. The molecule has 0 spiro atoms. The second-order valence-corrected chi connectivity index (χ2v) is 7.47. The van der Waals surface area contributed by atoms with Gasteiger partial charge in [-0.25, -0.2) is 4.68 Å². The molecule has 0 unspecified atom stereocenters. The first-order valence-electron chi connectivity index (χ1n) is 9.19.